The molecule has 3 aromatic rings. The summed E-state index contributed by atoms with van der Waals surface area (Å²) in [7, 11) is 1.65. The molecule has 0 bridgehead atoms. The lowest BCUT2D eigenvalue weighted by Crippen LogP contribution is -2.40. The Morgan fingerprint density at radius 1 is 1.07 bits per heavy atom. The Morgan fingerprint density at radius 2 is 1.93 bits per heavy atom. The molecule has 2 aliphatic heterocycles. The molecule has 2 fully saturated rings. The van der Waals surface area contributed by atoms with Gasteiger partial charge in [-0.25, -0.2) is 4.68 Å². The van der Waals surface area contributed by atoms with Gasteiger partial charge in [0, 0.05) is 12.1 Å². The van der Waals surface area contributed by atoms with E-state index in [0.717, 1.165) is 17.9 Å². The Bertz CT molecular complexity index is 964. The highest BCUT2D eigenvalue weighted by Crippen LogP contribution is 2.36. The maximum Gasteiger partial charge on any atom is 0.182 e. The van der Waals surface area contributed by atoms with Crippen molar-refractivity contribution in [3.05, 3.63) is 60.2 Å². The summed E-state index contributed by atoms with van der Waals surface area (Å²) < 4.78 is 19.4. The number of hydrogen-bond acceptors (Lipinski definition) is 7. The van der Waals surface area contributed by atoms with Crippen molar-refractivity contribution < 1.29 is 14.2 Å². The summed E-state index contributed by atoms with van der Waals surface area (Å²) >= 11 is 0. The van der Waals surface area contributed by atoms with Gasteiger partial charge in [-0.2, -0.15) is 0 Å². The maximum atomic E-state index is 6.12. The molecule has 29 heavy (non-hydrogen) atoms. The molecule has 2 saturated heterocycles. The van der Waals surface area contributed by atoms with Gasteiger partial charge in [0.2, 0.25) is 0 Å². The quantitative estimate of drug-likeness (QED) is 0.684. The van der Waals surface area contributed by atoms with E-state index in [1.807, 2.05) is 47.1 Å². The molecule has 150 valence electrons. The molecule has 3 heterocycles. The average Bonchev–Trinajstić information content (AvgIpc) is 3.49. The van der Waals surface area contributed by atoms with Crippen LogP contribution in [0.5, 0.6) is 5.75 Å². The van der Waals surface area contributed by atoms with Gasteiger partial charge in [-0.1, -0.05) is 42.5 Å². The Morgan fingerprint density at radius 3 is 2.79 bits per heavy atom. The summed E-state index contributed by atoms with van der Waals surface area (Å²) in [5.74, 6) is 1.45. The van der Waals surface area contributed by atoms with Crippen LogP contribution in [0.15, 0.2) is 54.6 Å². The van der Waals surface area contributed by atoms with E-state index in [2.05, 4.69) is 33.0 Å². The van der Waals surface area contributed by atoms with Crippen LogP contribution in [0.2, 0.25) is 0 Å². The molecule has 2 aromatic carbocycles. The Hall–Kier alpha value is -2.81. The minimum Gasteiger partial charge on any atom is -0.497 e. The van der Waals surface area contributed by atoms with Gasteiger partial charge in [-0.15, -0.1) is 5.10 Å². The Balaban J connectivity index is 1.31. The van der Waals surface area contributed by atoms with Crippen LogP contribution in [-0.4, -0.2) is 58.8 Å². The van der Waals surface area contributed by atoms with E-state index >= 15 is 0 Å². The van der Waals surface area contributed by atoms with Crippen LogP contribution in [0, 0.1) is 0 Å². The van der Waals surface area contributed by atoms with Gasteiger partial charge in [0.15, 0.2) is 5.82 Å². The number of aromatic nitrogens is 4. The minimum absolute atomic E-state index is 0.0222. The van der Waals surface area contributed by atoms with Gasteiger partial charge in [-0.3, -0.25) is 0 Å². The lowest BCUT2D eigenvalue weighted by Gasteiger charge is -2.18. The highest BCUT2D eigenvalue weighted by molar-refractivity contribution is 5.57. The Labute approximate surface area is 168 Å². The second-order valence-electron chi connectivity index (χ2n) is 7.32. The molecule has 8 nitrogen and oxygen atoms in total. The highest BCUT2D eigenvalue weighted by atomic mass is 16.6. The predicted molar refractivity (Wildman–Crippen MR) is 105 cm³/mol. The number of tetrazole rings is 1. The first-order chi connectivity index (χ1) is 14.3. The van der Waals surface area contributed by atoms with Gasteiger partial charge in [0.25, 0.3) is 0 Å². The fourth-order valence-corrected chi connectivity index (χ4v) is 4.08. The Kier molecular flexibility index (Phi) is 4.97. The number of fused-ring (bicyclic) bond motifs is 1. The van der Waals surface area contributed by atoms with Crippen molar-refractivity contribution >= 4 is 0 Å². The van der Waals surface area contributed by atoms with E-state index in [4.69, 9.17) is 14.2 Å². The molecular formula is C21H23N5O3. The van der Waals surface area contributed by atoms with E-state index in [1.54, 1.807) is 7.11 Å². The standard InChI is InChI=1S/C21H23N5O3/c1-27-16-9-5-8-15(10-16)21-23-24-25-26(21)18-13-29-19-17(12-28-20(18)19)22-11-14-6-3-2-4-7-14/h2-10,17-20,22H,11-13H2,1H3/t17-,18-,19+,20+/m0/s1. The number of ether oxygens (including phenoxy) is 3. The largest absolute Gasteiger partial charge is 0.497 e. The number of nitrogens with one attached hydrogen (secondary N) is 1. The summed E-state index contributed by atoms with van der Waals surface area (Å²) in [6, 6.07) is 18.1. The average molecular weight is 393 g/mol. The monoisotopic (exact) mass is 393 g/mol. The maximum absolute atomic E-state index is 6.12. The third-order valence-corrected chi connectivity index (χ3v) is 5.57. The smallest absolute Gasteiger partial charge is 0.182 e. The third kappa shape index (κ3) is 3.50. The first-order valence-electron chi connectivity index (χ1n) is 9.76. The van der Waals surface area contributed by atoms with Gasteiger partial charge in [-0.05, 0) is 28.1 Å². The van der Waals surface area contributed by atoms with Crippen molar-refractivity contribution in [3.63, 3.8) is 0 Å². The van der Waals surface area contributed by atoms with Gasteiger partial charge < -0.3 is 19.5 Å². The minimum atomic E-state index is -0.0869. The summed E-state index contributed by atoms with van der Waals surface area (Å²) in [6.45, 7) is 1.90. The van der Waals surface area contributed by atoms with Crippen LogP contribution in [0.1, 0.15) is 11.6 Å². The van der Waals surface area contributed by atoms with Crippen molar-refractivity contribution in [2.75, 3.05) is 20.3 Å². The van der Waals surface area contributed by atoms with Crippen molar-refractivity contribution in [1.82, 2.24) is 25.5 Å². The molecule has 0 unspecified atom stereocenters. The molecule has 1 N–H and O–H groups in total. The van der Waals surface area contributed by atoms with Crippen LogP contribution in [0.4, 0.5) is 0 Å². The second-order valence-corrected chi connectivity index (χ2v) is 7.32. The van der Waals surface area contributed by atoms with Crippen molar-refractivity contribution in [3.8, 4) is 17.1 Å². The zero-order valence-electron chi connectivity index (χ0n) is 16.1. The van der Waals surface area contributed by atoms with Crippen LogP contribution < -0.4 is 10.1 Å². The van der Waals surface area contributed by atoms with Crippen molar-refractivity contribution in [2.24, 2.45) is 0 Å². The van der Waals surface area contributed by atoms with Crippen molar-refractivity contribution in [1.29, 1.82) is 0 Å². The molecule has 2 aliphatic rings. The fourth-order valence-electron chi connectivity index (χ4n) is 4.08. The second kappa shape index (κ2) is 7.90. The predicted octanol–water partition coefficient (Wildman–Crippen LogP) is 1.85. The first-order valence-corrected chi connectivity index (χ1v) is 9.76. The number of hydrogen-bond donors (Lipinski definition) is 1. The number of nitrogens with zero attached hydrogens (tertiary/aromatic N) is 4. The molecule has 0 saturated carbocycles. The van der Waals surface area contributed by atoms with Gasteiger partial charge in [0.05, 0.1) is 26.4 Å². The van der Waals surface area contributed by atoms with Gasteiger partial charge in [0.1, 0.15) is 24.0 Å². The van der Waals surface area contributed by atoms with Crippen LogP contribution in [0.25, 0.3) is 11.4 Å². The fraction of sp³-hybridized carbons (Fsp3) is 0.381. The first kappa shape index (κ1) is 18.2. The molecule has 0 aliphatic carbocycles. The van der Waals surface area contributed by atoms with E-state index in [0.29, 0.717) is 19.0 Å². The molecule has 4 atom stereocenters. The zero-order chi connectivity index (χ0) is 19.6. The summed E-state index contributed by atoms with van der Waals surface area (Å²) in [5, 5.41) is 16.0. The molecular weight excluding hydrogens is 370 g/mol. The summed E-state index contributed by atoms with van der Waals surface area (Å²) in [4.78, 5) is 0. The third-order valence-electron chi connectivity index (χ3n) is 5.57. The topological polar surface area (TPSA) is 83.3 Å². The van der Waals surface area contributed by atoms with Crippen molar-refractivity contribution in [2.45, 2.75) is 30.8 Å². The van der Waals surface area contributed by atoms with E-state index in [1.165, 1.54) is 5.56 Å². The molecule has 5 rings (SSSR count). The molecule has 0 radical (unpaired) electrons. The molecule has 0 amide bonds. The molecule has 0 spiro atoms. The van der Waals surface area contributed by atoms with E-state index in [-0.39, 0.29) is 24.3 Å². The number of benzene rings is 2. The zero-order valence-corrected chi connectivity index (χ0v) is 16.1. The molecule has 8 heteroatoms. The van der Waals surface area contributed by atoms with E-state index in [9.17, 15) is 0 Å². The van der Waals surface area contributed by atoms with Crippen LogP contribution in [-0.2, 0) is 16.0 Å². The molecule has 1 aromatic heterocycles. The normalized spacial score (nSPS) is 25.8. The van der Waals surface area contributed by atoms with Gasteiger partial charge >= 0.3 is 0 Å². The lowest BCUT2D eigenvalue weighted by molar-refractivity contribution is 0.0621. The highest BCUT2D eigenvalue weighted by Gasteiger charge is 2.49. The number of methoxy groups -OCH3 is 1. The van der Waals surface area contributed by atoms with E-state index < -0.39 is 0 Å². The number of rotatable bonds is 6. The van der Waals surface area contributed by atoms with Crippen LogP contribution in [0.3, 0.4) is 0 Å². The lowest BCUT2D eigenvalue weighted by atomic mass is 10.1. The van der Waals surface area contributed by atoms with Crippen LogP contribution >= 0.6 is 0 Å². The summed E-state index contributed by atoms with van der Waals surface area (Å²) in [6.07, 6.45) is -0.109. The SMILES string of the molecule is COc1cccc(-c2nnnn2[C@H]2CO[C@H]3[C@@H]2OC[C@@H]3NCc2ccccc2)c1. The summed E-state index contributed by atoms with van der Waals surface area (Å²) in [5.41, 5.74) is 2.14.